The summed E-state index contributed by atoms with van der Waals surface area (Å²) in [5, 5.41) is 18.1. The summed E-state index contributed by atoms with van der Waals surface area (Å²) < 4.78 is 13.6. The van der Waals surface area contributed by atoms with Crippen LogP contribution in [0.5, 0.6) is 0 Å². The molecule has 1 amide bonds. The Morgan fingerprint density at radius 3 is 2.94 bits per heavy atom. The number of anilines is 1. The van der Waals surface area contributed by atoms with Gasteiger partial charge in [-0.2, -0.15) is 5.10 Å². The number of carbonyl (C=O) groups is 1. The van der Waals surface area contributed by atoms with Gasteiger partial charge in [-0.05, 0) is 49.2 Å². The predicted molar refractivity (Wildman–Crippen MR) is 113 cm³/mol. The molecule has 31 heavy (non-hydrogen) atoms. The van der Waals surface area contributed by atoms with Gasteiger partial charge in [0, 0.05) is 29.6 Å². The summed E-state index contributed by atoms with van der Waals surface area (Å²) in [6.07, 6.45) is 9.78. The molecule has 3 aromatic rings. The lowest BCUT2D eigenvalue weighted by Gasteiger charge is -2.22. The zero-order chi connectivity index (χ0) is 21.8. The van der Waals surface area contributed by atoms with E-state index in [1.54, 1.807) is 19.3 Å². The summed E-state index contributed by atoms with van der Waals surface area (Å²) >= 11 is 0. The van der Waals surface area contributed by atoms with Crippen LogP contribution in [0.25, 0.3) is 10.8 Å². The molecule has 0 bridgehead atoms. The van der Waals surface area contributed by atoms with E-state index in [1.807, 2.05) is 24.3 Å². The van der Waals surface area contributed by atoms with Gasteiger partial charge in [0.05, 0.1) is 23.0 Å². The molecule has 1 saturated heterocycles. The Morgan fingerprint density at radius 2 is 2.10 bits per heavy atom. The zero-order valence-corrected chi connectivity index (χ0v) is 16.7. The highest BCUT2D eigenvalue weighted by atomic mass is 19.1. The number of rotatable bonds is 3. The van der Waals surface area contributed by atoms with Crippen molar-refractivity contribution in [3.05, 3.63) is 88.0 Å². The van der Waals surface area contributed by atoms with Gasteiger partial charge in [-0.3, -0.25) is 19.5 Å². The second-order valence-electron chi connectivity index (χ2n) is 8.01. The molecule has 2 unspecified atom stereocenters. The fourth-order valence-corrected chi connectivity index (χ4v) is 4.34. The van der Waals surface area contributed by atoms with Crippen LogP contribution in [0.2, 0.25) is 0 Å². The number of allylic oxidation sites excluding steroid dienone is 3. The number of aromatic nitrogens is 3. The normalized spacial score (nSPS) is 22.7. The van der Waals surface area contributed by atoms with Gasteiger partial charge >= 0.3 is 0 Å². The number of amides is 1. The van der Waals surface area contributed by atoms with Crippen molar-refractivity contribution in [2.45, 2.75) is 25.4 Å². The van der Waals surface area contributed by atoms with Crippen molar-refractivity contribution in [2.75, 3.05) is 4.90 Å². The number of H-pyrrole nitrogens is 1. The minimum absolute atomic E-state index is 0.224. The first-order valence-electron chi connectivity index (χ1n) is 9.90. The molecule has 5 rings (SSSR count). The molecule has 1 aliphatic heterocycles. The number of aliphatic hydroxyl groups is 1. The van der Waals surface area contributed by atoms with E-state index in [9.17, 15) is 19.1 Å². The maximum absolute atomic E-state index is 13.6. The molecule has 3 heterocycles. The second-order valence-corrected chi connectivity index (χ2v) is 8.01. The maximum Gasteiger partial charge on any atom is 0.272 e. The van der Waals surface area contributed by atoms with Gasteiger partial charge in [0.2, 0.25) is 0 Å². The van der Waals surface area contributed by atoms with E-state index in [-0.39, 0.29) is 11.3 Å². The average molecular weight is 418 g/mol. The highest BCUT2D eigenvalue weighted by Gasteiger charge is 2.53. The summed E-state index contributed by atoms with van der Waals surface area (Å²) in [6, 6.07) is 5.81. The van der Waals surface area contributed by atoms with Crippen molar-refractivity contribution in [1.29, 1.82) is 0 Å². The first-order valence-corrected chi connectivity index (χ1v) is 9.90. The largest absolute Gasteiger partial charge is 0.380 e. The van der Waals surface area contributed by atoms with Crippen LogP contribution in [0.15, 0.2) is 65.4 Å². The van der Waals surface area contributed by atoms with Gasteiger partial charge in [0.15, 0.2) is 0 Å². The van der Waals surface area contributed by atoms with Gasteiger partial charge in [-0.15, -0.1) is 0 Å². The quantitative estimate of drug-likeness (QED) is 0.681. The predicted octanol–water partition coefficient (Wildman–Crippen LogP) is 2.61. The maximum atomic E-state index is 13.6. The van der Waals surface area contributed by atoms with E-state index in [4.69, 9.17) is 0 Å². The molecule has 1 aromatic carbocycles. The number of pyridine rings is 1. The number of carbonyl (C=O) groups excluding carboxylic acids is 1. The Morgan fingerprint density at radius 1 is 1.26 bits per heavy atom. The summed E-state index contributed by atoms with van der Waals surface area (Å²) in [7, 11) is 0. The van der Waals surface area contributed by atoms with Crippen molar-refractivity contribution < 1.29 is 14.3 Å². The van der Waals surface area contributed by atoms with Crippen LogP contribution in [-0.4, -0.2) is 31.8 Å². The third-order valence-corrected chi connectivity index (χ3v) is 5.94. The first kappa shape index (κ1) is 19.3. The lowest BCUT2D eigenvalue weighted by atomic mass is 9.85. The Bertz CT molecular complexity index is 1340. The molecular weight excluding hydrogens is 399 g/mol. The molecule has 8 heteroatoms. The average Bonchev–Trinajstić information content (AvgIpc) is 2.96. The standard InChI is InChI=1S/C23H19FN4O3/c1-23(31)18-4-2-3-5-20(18)28(22(23)30)15-8-13(11-25-12-15)9-19-16-7-6-14(24)10-17(16)21(29)27-26-19/h2-3,5-8,10-12,18,31H,4,9H2,1H3,(H,27,29). The smallest absolute Gasteiger partial charge is 0.272 e. The van der Waals surface area contributed by atoms with Crippen LogP contribution in [0.4, 0.5) is 10.1 Å². The molecule has 2 atom stereocenters. The minimum atomic E-state index is -1.49. The minimum Gasteiger partial charge on any atom is -0.380 e. The van der Waals surface area contributed by atoms with Crippen molar-refractivity contribution in [3.8, 4) is 0 Å². The second kappa shape index (κ2) is 6.95. The van der Waals surface area contributed by atoms with Crippen LogP contribution < -0.4 is 10.5 Å². The van der Waals surface area contributed by atoms with Crippen LogP contribution in [0.3, 0.4) is 0 Å². The molecule has 0 spiro atoms. The fraction of sp³-hybridized carbons (Fsp3) is 0.217. The zero-order valence-electron chi connectivity index (χ0n) is 16.7. The number of benzene rings is 1. The molecule has 2 aromatic heterocycles. The lowest BCUT2D eigenvalue weighted by Crippen LogP contribution is -2.40. The Hall–Kier alpha value is -3.65. The van der Waals surface area contributed by atoms with Crippen LogP contribution in [-0.2, 0) is 11.2 Å². The van der Waals surface area contributed by atoms with Gasteiger partial charge < -0.3 is 5.11 Å². The topological polar surface area (TPSA) is 99.2 Å². The van der Waals surface area contributed by atoms with Gasteiger partial charge in [0.25, 0.3) is 11.5 Å². The number of nitrogens with zero attached hydrogens (tertiary/aromatic N) is 3. The monoisotopic (exact) mass is 418 g/mol. The van der Waals surface area contributed by atoms with Crippen LogP contribution in [0.1, 0.15) is 24.6 Å². The Kier molecular flexibility index (Phi) is 4.33. The van der Waals surface area contributed by atoms with E-state index >= 15 is 0 Å². The SMILES string of the molecule is CC1(O)C(=O)N(c2cncc(Cc3n[nH]c(=O)c4cc(F)ccc34)c2)C2=CC=CCC21. The molecule has 156 valence electrons. The molecule has 1 aliphatic carbocycles. The number of nitrogens with one attached hydrogen (secondary N) is 1. The summed E-state index contributed by atoms with van der Waals surface area (Å²) in [5.74, 6) is -1.20. The highest BCUT2D eigenvalue weighted by molar-refractivity contribution is 6.06. The fourth-order valence-electron chi connectivity index (χ4n) is 4.34. The van der Waals surface area contributed by atoms with Crippen molar-refractivity contribution in [3.63, 3.8) is 0 Å². The van der Waals surface area contributed by atoms with E-state index in [1.165, 1.54) is 23.1 Å². The molecule has 1 fully saturated rings. The van der Waals surface area contributed by atoms with Crippen molar-refractivity contribution in [1.82, 2.24) is 15.2 Å². The molecule has 0 radical (unpaired) electrons. The first-order chi connectivity index (χ1) is 14.9. The third kappa shape index (κ3) is 3.07. The summed E-state index contributed by atoms with van der Waals surface area (Å²) in [4.78, 5) is 30.8. The number of fused-ring (bicyclic) bond motifs is 2. The molecule has 2 N–H and O–H groups in total. The van der Waals surface area contributed by atoms with E-state index < -0.39 is 22.9 Å². The summed E-state index contributed by atoms with van der Waals surface area (Å²) in [6.45, 7) is 1.54. The highest BCUT2D eigenvalue weighted by Crippen LogP contribution is 2.43. The van der Waals surface area contributed by atoms with Crippen LogP contribution >= 0.6 is 0 Å². The molecule has 7 nitrogen and oxygen atoms in total. The van der Waals surface area contributed by atoms with Gasteiger partial charge in [-0.25, -0.2) is 9.49 Å². The van der Waals surface area contributed by atoms with Gasteiger partial charge in [0.1, 0.15) is 11.4 Å². The van der Waals surface area contributed by atoms with E-state index in [2.05, 4.69) is 15.2 Å². The third-order valence-electron chi connectivity index (χ3n) is 5.94. The number of halogens is 1. The van der Waals surface area contributed by atoms with Crippen molar-refractivity contribution in [2.24, 2.45) is 5.92 Å². The molecular formula is C23H19FN4O3. The molecule has 2 aliphatic rings. The number of hydrogen-bond acceptors (Lipinski definition) is 5. The number of hydrogen-bond donors (Lipinski definition) is 2. The number of aromatic amines is 1. The molecule has 0 saturated carbocycles. The van der Waals surface area contributed by atoms with E-state index in [0.29, 0.717) is 29.6 Å². The summed E-state index contributed by atoms with van der Waals surface area (Å²) in [5.41, 5.74) is 0.647. The lowest BCUT2D eigenvalue weighted by molar-refractivity contribution is -0.134. The van der Waals surface area contributed by atoms with Gasteiger partial charge in [-0.1, -0.05) is 12.2 Å². The van der Waals surface area contributed by atoms with Crippen molar-refractivity contribution >= 4 is 22.4 Å². The van der Waals surface area contributed by atoms with Crippen LogP contribution in [0, 0.1) is 11.7 Å². The Balaban J connectivity index is 1.54. The Labute approximate surface area is 176 Å². The van der Waals surface area contributed by atoms with E-state index in [0.717, 1.165) is 11.3 Å².